The monoisotopic (exact) mass is 398 g/mol. The van der Waals surface area contributed by atoms with Crippen LogP contribution in [0.2, 0.25) is 0 Å². The molecule has 170 valence electrons. The van der Waals surface area contributed by atoms with Gasteiger partial charge in [0.1, 0.15) is 0 Å². The van der Waals surface area contributed by atoms with Gasteiger partial charge in [-0.2, -0.15) is 0 Å². The second-order valence-electron chi connectivity index (χ2n) is 9.30. The molecule has 2 heteroatoms. The Bertz CT molecular complexity index is 318. The molecule has 28 heavy (non-hydrogen) atoms. The van der Waals surface area contributed by atoms with E-state index < -0.39 is 12.2 Å². The van der Waals surface area contributed by atoms with Gasteiger partial charge in [0.05, 0.1) is 12.2 Å². The number of hydrogen-bond acceptors (Lipinski definition) is 2. The van der Waals surface area contributed by atoms with Gasteiger partial charge in [0, 0.05) is 0 Å². The van der Waals surface area contributed by atoms with Crippen LogP contribution >= 0.6 is 0 Å². The first-order valence-corrected chi connectivity index (χ1v) is 12.9. The number of aliphatic hydroxyl groups is 2. The highest BCUT2D eigenvalue weighted by Gasteiger charge is 2.39. The minimum Gasteiger partial charge on any atom is -0.390 e. The highest BCUT2D eigenvalue weighted by Crippen LogP contribution is 2.42. The van der Waals surface area contributed by atoms with Gasteiger partial charge in [0.15, 0.2) is 0 Å². The molecule has 0 saturated carbocycles. The third kappa shape index (κ3) is 12.5. The van der Waals surface area contributed by atoms with Crippen molar-refractivity contribution in [3.8, 4) is 0 Å². The molecule has 0 rings (SSSR count). The Balaban J connectivity index is 4.92. The second kappa shape index (κ2) is 18.9. The van der Waals surface area contributed by atoms with Crippen LogP contribution in [0.3, 0.4) is 0 Å². The van der Waals surface area contributed by atoms with Gasteiger partial charge < -0.3 is 10.2 Å². The Kier molecular flexibility index (Phi) is 18.9. The van der Waals surface area contributed by atoms with Gasteiger partial charge in [0.25, 0.3) is 0 Å². The lowest BCUT2D eigenvalue weighted by molar-refractivity contribution is -0.0835. The largest absolute Gasteiger partial charge is 0.390 e. The Morgan fingerprint density at radius 3 is 1.43 bits per heavy atom. The normalized spacial score (nSPS) is 16.1. The average Bonchev–Trinajstić information content (AvgIpc) is 2.70. The Morgan fingerprint density at radius 1 is 0.500 bits per heavy atom. The molecule has 0 aromatic heterocycles. The maximum Gasteiger partial charge on any atom is 0.0855 e. The molecule has 3 atom stereocenters. The fraction of sp³-hybridized carbons (Fsp3) is 1.00. The average molecular weight is 399 g/mol. The van der Waals surface area contributed by atoms with Crippen LogP contribution in [-0.2, 0) is 0 Å². The fourth-order valence-corrected chi connectivity index (χ4v) is 4.68. The van der Waals surface area contributed by atoms with Gasteiger partial charge in [-0.05, 0) is 31.1 Å². The summed E-state index contributed by atoms with van der Waals surface area (Å²) in [6, 6.07) is 0. The minimum atomic E-state index is -0.548. The van der Waals surface area contributed by atoms with Gasteiger partial charge in [-0.3, -0.25) is 0 Å². The molecule has 2 N–H and O–H groups in total. The predicted molar refractivity (Wildman–Crippen MR) is 125 cm³/mol. The molecule has 0 heterocycles. The van der Waals surface area contributed by atoms with Crippen molar-refractivity contribution in [1.82, 2.24) is 0 Å². The van der Waals surface area contributed by atoms with E-state index in [1.54, 1.807) is 0 Å². The second-order valence-corrected chi connectivity index (χ2v) is 9.30. The van der Waals surface area contributed by atoms with E-state index in [1.807, 2.05) is 0 Å². The predicted octanol–water partition coefficient (Wildman–Crippen LogP) is 8.19. The maximum atomic E-state index is 11.3. The van der Waals surface area contributed by atoms with Crippen molar-refractivity contribution in [3.63, 3.8) is 0 Å². The van der Waals surface area contributed by atoms with Crippen LogP contribution in [-0.4, -0.2) is 22.4 Å². The Morgan fingerprint density at radius 2 is 0.893 bits per heavy atom. The molecule has 0 fully saturated rings. The summed E-state index contributed by atoms with van der Waals surface area (Å²) in [7, 11) is 0. The van der Waals surface area contributed by atoms with Gasteiger partial charge >= 0.3 is 0 Å². The first-order valence-electron chi connectivity index (χ1n) is 12.9. The quantitative estimate of drug-likeness (QED) is 0.191. The van der Waals surface area contributed by atoms with Crippen LogP contribution in [0.1, 0.15) is 150 Å². The summed E-state index contributed by atoms with van der Waals surface area (Å²) in [5, 5.41) is 22.2. The zero-order chi connectivity index (χ0) is 21.1. The van der Waals surface area contributed by atoms with Crippen molar-refractivity contribution in [2.24, 2.45) is 5.41 Å². The molecule has 0 spiro atoms. The lowest BCUT2D eigenvalue weighted by atomic mass is 9.68. The van der Waals surface area contributed by atoms with Crippen LogP contribution < -0.4 is 0 Å². The number of hydrogen-bond donors (Lipinski definition) is 2. The van der Waals surface area contributed by atoms with Crippen molar-refractivity contribution in [2.75, 3.05) is 0 Å². The topological polar surface area (TPSA) is 40.5 Å². The van der Waals surface area contributed by atoms with Crippen molar-refractivity contribution >= 4 is 0 Å². The standard InChI is InChI=1S/C26H54O2/c1-5-9-13-15-17-20-24(27)25(28)26(21-12-8-4,22-18-11-7-3)23-19-16-14-10-6-2/h24-25,27-28H,5-23H2,1-4H3. The molecule has 2 nitrogen and oxygen atoms in total. The third-order valence-electron chi connectivity index (χ3n) is 6.68. The number of unbranched alkanes of at least 4 members (excludes halogenated alkanes) is 11. The first-order chi connectivity index (χ1) is 13.6. The summed E-state index contributed by atoms with van der Waals surface area (Å²) in [5.41, 5.74) is -0.0692. The highest BCUT2D eigenvalue weighted by atomic mass is 16.3. The summed E-state index contributed by atoms with van der Waals surface area (Å²) in [4.78, 5) is 0. The van der Waals surface area contributed by atoms with Gasteiger partial charge in [-0.1, -0.05) is 124 Å². The molecular formula is C26H54O2. The first kappa shape index (κ1) is 27.9. The van der Waals surface area contributed by atoms with E-state index in [1.165, 1.54) is 89.9 Å². The molecule has 0 amide bonds. The van der Waals surface area contributed by atoms with E-state index in [9.17, 15) is 10.2 Å². The van der Waals surface area contributed by atoms with Gasteiger partial charge in [-0.15, -0.1) is 0 Å². The zero-order valence-corrected chi connectivity index (χ0v) is 20.0. The van der Waals surface area contributed by atoms with Crippen molar-refractivity contribution in [3.05, 3.63) is 0 Å². The molecule has 0 bridgehead atoms. The van der Waals surface area contributed by atoms with E-state index in [-0.39, 0.29) is 5.41 Å². The number of aliphatic hydroxyl groups excluding tert-OH is 2. The highest BCUT2D eigenvalue weighted by molar-refractivity contribution is 4.90. The molecule has 0 aliphatic heterocycles. The molecule has 0 aliphatic carbocycles. The molecule has 0 saturated heterocycles. The smallest absolute Gasteiger partial charge is 0.0855 e. The van der Waals surface area contributed by atoms with E-state index in [0.717, 1.165) is 32.1 Å². The van der Waals surface area contributed by atoms with Crippen molar-refractivity contribution in [2.45, 2.75) is 162 Å². The molecular weight excluding hydrogens is 344 g/mol. The van der Waals surface area contributed by atoms with Gasteiger partial charge in [-0.25, -0.2) is 0 Å². The molecule has 0 aliphatic rings. The van der Waals surface area contributed by atoms with E-state index in [2.05, 4.69) is 27.7 Å². The molecule has 0 aromatic rings. The summed E-state index contributed by atoms with van der Waals surface area (Å²) >= 11 is 0. The summed E-state index contributed by atoms with van der Waals surface area (Å²) in [6.45, 7) is 8.99. The van der Waals surface area contributed by atoms with E-state index in [4.69, 9.17) is 0 Å². The lowest BCUT2D eigenvalue weighted by Gasteiger charge is -2.41. The van der Waals surface area contributed by atoms with Crippen LogP contribution in [0.4, 0.5) is 0 Å². The molecule has 3 unspecified atom stereocenters. The summed E-state index contributed by atoms with van der Waals surface area (Å²) in [6.07, 6.45) is 21.3. The minimum absolute atomic E-state index is 0.0692. The van der Waals surface area contributed by atoms with Crippen LogP contribution in [0, 0.1) is 5.41 Å². The summed E-state index contributed by atoms with van der Waals surface area (Å²) < 4.78 is 0. The van der Waals surface area contributed by atoms with Crippen molar-refractivity contribution < 1.29 is 10.2 Å². The molecule has 0 radical (unpaired) electrons. The SMILES string of the molecule is CCCCCCCC(O)C(O)C(CCCC)(CCCCC)CCCCCCC. The summed E-state index contributed by atoms with van der Waals surface area (Å²) in [5.74, 6) is 0. The Hall–Kier alpha value is -0.0800. The van der Waals surface area contributed by atoms with Crippen LogP contribution in [0.25, 0.3) is 0 Å². The molecule has 0 aromatic carbocycles. The fourth-order valence-electron chi connectivity index (χ4n) is 4.68. The number of rotatable bonds is 21. The third-order valence-corrected chi connectivity index (χ3v) is 6.68. The van der Waals surface area contributed by atoms with E-state index >= 15 is 0 Å². The maximum absolute atomic E-state index is 11.3. The Labute approximate surface area is 177 Å². The van der Waals surface area contributed by atoms with Gasteiger partial charge in [0.2, 0.25) is 0 Å². The lowest BCUT2D eigenvalue weighted by Crippen LogP contribution is -2.43. The van der Waals surface area contributed by atoms with Crippen molar-refractivity contribution in [1.29, 1.82) is 0 Å². The van der Waals surface area contributed by atoms with E-state index in [0.29, 0.717) is 0 Å². The zero-order valence-electron chi connectivity index (χ0n) is 20.0. The van der Waals surface area contributed by atoms with Crippen LogP contribution in [0.5, 0.6) is 0 Å². The van der Waals surface area contributed by atoms with Crippen LogP contribution in [0.15, 0.2) is 0 Å².